The Balaban J connectivity index is 1.83. The molecular formula is C16H13Cl2FN2OS. The predicted octanol–water partition coefficient (Wildman–Crippen LogP) is 5.41. The lowest BCUT2D eigenvalue weighted by Gasteiger charge is -2.25. The number of nitrogens with one attached hydrogen (secondary N) is 1. The number of thioether (sulfide) groups is 1. The summed E-state index contributed by atoms with van der Waals surface area (Å²) >= 11 is 13.7. The summed E-state index contributed by atoms with van der Waals surface area (Å²) in [5.41, 5.74) is 0.862. The van der Waals surface area contributed by atoms with E-state index in [9.17, 15) is 9.18 Å². The molecule has 0 saturated carbocycles. The van der Waals surface area contributed by atoms with Crippen molar-refractivity contribution < 1.29 is 9.18 Å². The highest BCUT2D eigenvalue weighted by Crippen LogP contribution is 2.40. The van der Waals surface area contributed by atoms with Crippen LogP contribution in [0.2, 0.25) is 10.0 Å². The Morgan fingerprint density at radius 3 is 2.57 bits per heavy atom. The van der Waals surface area contributed by atoms with Crippen LogP contribution in [0.5, 0.6) is 0 Å². The third-order valence-electron chi connectivity index (χ3n) is 3.52. The van der Waals surface area contributed by atoms with Gasteiger partial charge in [-0.15, -0.1) is 11.8 Å². The molecule has 2 amide bonds. The molecule has 0 aromatic heterocycles. The molecule has 3 nitrogen and oxygen atoms in total. The van der Waals surface area contributed by atoms with E-state index < -0.39 is 0 Å². The van der Waals surface area contributed by atoms with Gasteiger partial charge in [0, 0.05) is 17.9 Å². The molecule has 1 heterocycles. The first-order valence-electron chi connectivity index (χ1n) is 6.95. The first kappa shape index (κ1) is 16.4. The van der Waals surface area contributed by atoms with E-state index in [1.54, 1.807) is 41.3 Å². The fourth-order valence-electron chi connectivity index (χ4n) is 2.41. The lowest BCUT2D eigenvalue weighted by atomic mass is 10.2. The molecule has 120 valence electrons. The third kappa shape index (κ3) is 3.42. The van der Waals surface area contributed by atoms with Gasteiger partial charge in [-0.25, -0.2) is 9.18 Å². The molecule has 0 unspecified atom stereocenters. The Morgan fingerprint density at radius 2 is 1.87 bits per heavy atom. The number of urea groups is 1. The standard InChI is InChI=1S/C16H13Cl2FN2OS/c17-11-5-3-6-12(18)14(11)20-16(22)21-8-9-23-15(21)10-4-1-2-7-13(10)19/h1-7,15H,8-9H2,(H,20,22)/t15-/m1/s1. The first-order chi connectivity index (χ1) is 11.1. The van der Waals surface area contributed by atoms with Crippen LogP contribution >= 0.6 is 35.0 Å². The minimum atomic E-state index is -0.363. The van der Waals surface area contributed by atoms with Crippen molar-refractivity contribution in [2.24, 2.45) is 0 Å². The number of carbonyl (C=O) groups excluding carboxylic acids is 1. The summed E-state index contributed by atoms with van der Waals surface area (Å²) in [4.78, 5) is 14.2. The number of benzene rings is 2. The number of nitrogens with zero attached hydrogens (tertiary/aromatic N) is 1. The molecule has 1 saturated heterocycles. The summed E-state index contributed by atoms with van der Waals surface area (Å²) in [5.74, 6) is 0.420. The highest BCUT2D eigenvalue weighted by Gasteiger charge is 2.32. The lowest BCUT2D eigenvalue weighted by molar-refractivity contribution is 0.213. The van der Waals surface area contributed by atoms with Gasteiger partial charge in [0.05, 0.1) is 15.7 Å². The van der Waals surface area contributed by atoms with Gasteiger partial charge in [0.1, 0.15) is 11.2 Å². The Bertz CT molecular complexity index is 724. The number of carbonyl (C=O) groups is 1. The number of hydrogen-bond acceptors (Lipinski definition) is 2. The Kier molecular flexibility index (Phi) is 4.99. The summed E-state index contributed by atoms with van der Waals surface area (Å²) in [6.07, 6.45) is 0. The van der Waals surface area contributed by atoms with Gasteiger partial charge in [-0.2, -0.15) is 0 Å². The van der Waals surface area contributed by atoms with E-state index in [2.05, 4.69) is 5.32 Å². The van der Waals surface area contributed by atoms with Crippen molar-refractivity contribution in [3.8, 4) is 0 Å². The molecule has 0 spiro atoms. The van der Waals surface area contributed by atoms with Crippen LogP contribution in [0, 0.1) is 5.82 Å². The van der Waals surface area contributed by atoms with Gasteiger partial charge < -0.3 is 10.2 Å². The molecule has 0 radical (unpaired) electrons. The van der Waals surface area contributed by atoms with Gasteiger partial charge in [0.15, 0.2) is 0 Å². The summed E-state index contributed by atoms with van der Waals surface area (Å²) in [7, 11) is 0. The molecule has 7 heteroatoms. The maximum Gasteiger partial charge on any atom is 0.323 e. The summed E-state index contributed by atoms with van der Waals surface area (Å²) in [5, 5.41) is 3.09. The minimum absolute atomic E-state index is 0.319. The second-order valence-electron chi connectivity index (χ2n) is 4.96. The number of hydrogen-bond donors (Lipinski definition) is 1. The van der Waals surface area contributed by atoms with E-state index in [1.807, 2.05) is 0 Å². The van der Waals surface area contributed by atoms with Gasteiger partial charge in [0.2, 0.25) is 0 Å². The maximum atomic E-state index is 14.0. The van der Waals surface area contributed by atoms with Gasteiger partial charge in [0.25, 0.3) is 0 Å². The summed E-state index contributed by atoms with van der Waals surface area (Å²) in [6, 6.07) is 11.1. The van der Waals surface area contributed by atoms with Crippen molar-refractivity contribution in [3.63, 3.8) is 0 Å². The number of para-hydroxylation sites is 1. The molecule has 2 aromatic carbocycles. The molecule has 1 aliphatic heterocycles. The van der Waals surface area contributed by atoms with Gasteiger partial charge >= 0.3 is 6.03 Å². The molecule has 23 heavy (non-hydrogen) atoms. The SMILES string of the molecule is O=C(Nc1c(Cl)cccc1Cl)N1CCS[C@@H]1c1ccccc1F. The molecule has 2 aromatic rings. The summed E-state index contributed by atoms with van der Waals surface area (Å²) in [6.45, 7) is 0.525. The molecule has 0 bridgehead atoms. The van der Waals surface area contributed by atoms with Crippen LogP contribution in [0.4, 0.5) is 14.9 Å². The molecule has 1 aliphatic rings. The molecule has 1 fully saturated rings. The van der Waals surface area contributed by atoms with Crippen LogP contribution in [0.15, 0.2) is 42.5 Å². The minimum Gasteiger partial charge on any atom is -0.307 e. The van der Waals surface area contributed by atoms with E-state index in [0.29, 0.717) is 27.8 Å². The second-order valence-corrected chi connectivity index (χ2v) is 6.97. The van der Waals surface area contributed by atoms with Crippen molar-refractivity contribution in [1.82, 2.24) is 4.90 Å². The van der Waals surface area contributed by atoms with Gasteiger partial charge in [-0.3, -0.25) is 0 Å². The quantitative estimate of drug-likeness (QED) is 0.765. The second kappa shape index (κ2) is 6.99. The highest BCUT2D eigenvalue weighted by molar-refractivity contribution is 7.99. The smallest absolute Gasteiger partial charge is 0.307 e. The van der Waals surface area contributed by atoms with Crippen molar-refractivity contribution in [2.45, 2.75) is 5.37 Å². The van der Waals surface area contributed by atoms with Crippen LogP contribution in [0.1, 0.15) is 10.9 Å². The van der Waals surface area contributed by atoms with E-state index >= 15 is 0 Å². The molecule has 1 N–H and O–H groups in total. The summed E-state index contributed by atoms with van der Waals surface area (Å²) < 4.78 is 14.0. The van der Waals surface area contributed by atoms with Crippen molar-refractivity contribution >= 4 is 46.7 Å². The van der Waals surface area contributed by atoms with Crippen LogP contribution in [0.3, 0.4) is 0 Å². The monoisotopic (exact) mass is 370 g/mol. The van der Waals surface area contributed by atoms with Gasteiger partial charge in [-0.05, 0) is 18.2 Å². The maximum absolute atomic E-state index is 14.0. The number of halogens is 3. The Hall–Kier alpha value is -1.43. The Labute approximate surface area is 147 Å². The zero-order valence-electron chi connectivity index (χ0n) is 11.9. The highest BCUT2D eigenvalue weighted by atomic mass is 35.5. The average molecular weight is 371 g/mol. The fourth-order valence-corrected chi connectivity index (χ4v) is 4.18. The fraction of sp³-hybridized carbons (Fsp3) is 0.188. The van der Waals surface area contributed by atoms with E-state index in [0.717, 1.165) is 5.75 Å². The van der Waals surface area contributed by atoms with Gasteiger partial charge in [-0.1, -0.05) is 47.5 Å². The van der Waals surface area contributed by atoms with E-state index in [-0.39, 0.29) is 17.2 Å². The molecule has 3 rings (SSSR count). The third-order valence-corrected chi connectivity index (χ3v) is 5.39. The van der Waals surface area contributed by atoms with E-state index in [4.69, 9.17) is 23.2 Å². The van der Waals surface area contributed by atoms with E-state index in [1.165, 1.54) is 17.8 Å². The predicted molar refractivity (Wildman–Crippen MR) is 93.8 cm³/mol. The molecular weight excluding hydrogens is 358 g/mol. The van der Waals surface area contributed by atoms with Crippen molar-refractivity contribution in [3.05, 3.63) is 63.9 Å². The normalized spacial score (nSPS) is 17.3. The van der Waals surface area contributed by atoms with Crippen LogP contribution < -0.4 is 5.32 Å². The first-order valence-corrected chi connectivity index (χ1v) is 8.76. The molecule has 1 atom stereocenters. The lowest BCUT2D eigenvalue weighted by Crippen LogP contribution is -2.34. The van der Waals surface area contributed by atoms with Crippen LogP contribution in [0.25, 0.3) is 0 Å². The Morgan fingerprint density at radius 1 is 1.17 bits per heavy atom. The zero-order chi connectivity index (χ0) is 16.4. The topological polar surface area (TPSA) is 32.3 Å². The number of rotatable bonds is 2. The largest absolute Gasteiger partial charge is 0.323 e. The number of anilines is 1. The van der Waals surface area contributed by atoms with Crippen LogP contribution in [-0.4, -0.2) is 23.2 Å². The zero-order valence-corrected chi connectivity index (χ0v) is 14.3. The number of amides is 2. The van der Waals surface area contributed by atoms with Crippen molar-refractivity contribution in [1.29, 1.82) is 0 Å². The van der Waals surface area contributed by atoms with Crippen LogP contribution in [-0.2, 0) is 0 Å². The molecule has 0 aliphatic carbocycles. The average Bonchev–Trinajstić information content (AvgIpc) is 3.01. The van der Waals surface area contributed by atoms with Crippen molar-refractivity contribution in [2.75, 3.05) is 17.6 Å².